The second-order valence-electron chi connectivity index (χ2n) is 9.94. The number of hydrogen-bond donors (Lipinski definition) is 1. The van der Waals surface area contributed by atoms with Gasteiger partial charge in [0.15, 0.2) is 0 Å². The summed E-state index contributed by atoms with van der Waals surface area (Å²) >= 11 is 0. The van der Waals surface area contributed by atoms with Gasteiger partial charge < -0.3 is 0 Å². The van der Waals surface area contributed by atoms with Crippen LogP contribution in [0.1, 0.15) is 79.1 Å². The van der Waals surface area contributed by atoms with Crippen LogP contribution in [0.25, 0.3) is 10.8 Å². The summed E-state index contributed by atoms with van der Waals surface area (Å²) in [4.78, 5) is 0.240. The molecule has 0 bridgehead atoms. The Labute approximate surface area is 213 Å². The quantitative estimate of drug-likeness (QED) is 0.203. The predicted octanol–water partition coefficient (Wildman–Crippen LogP) is 7.58. The molecule has 35 heavy (non-hydrogen) atoms. The van der Waals surface area contributed by atoms with E-state index in [1.165, 1.54) is 0 Å². The van der Waals surface area contributed by atoms with Crippen molar-refractivity contribution in [3.63, 3.8) is 0 Å². The Kier molecular flexibility index (Phi) is 11.9. The number of rotatable bonds is 18. The SMILES string of the molecule is CCCCP(CCCC)(CCCC)(CCCC)OS(=O)(=O)c1ccc2cc(OCCO)ccc2c1. The fourth-order valence-corrected chi connectivity index (χ4v) is 15.1. The average Bonchev–Trinajstić information content (AvgIpc) is 2.87. The van der Waals surface area contributed by atoms with Crippen molar-refractivity contribution in [2.75, 3.05) is 37.9 Å². The molecule has 0 amide bonds. The molecule has 2 rings (SSSR count). The molecule has 0 atom stereocenters. The predicted molar refractivity (Wildman–Crippen MR) is 151 cm³/mol. The summed E-state index contributed by atoms with van der Waals surface area (Å²) in [6.07, 6.45) is 11.8. The van der Waals surface area contributed by atoms with Crippen LogP contribution in [-0.2, 0) is 14.1 Å². The monoisotopic (exact) mass is 526 g/mol. The van der Waals surface area contributed by atoms with Gasteiger partial charge in [0.25, 0.3) is 0 Å². The Morgan fingerprint density at radius 2 is 1.23 bits per heavy atom. The van der Waals surface area contributed by atoms with Gasteiger partial charge in [0.1, 0.15) is 0 Å². The van der Waals surface area contributed by atoms with Crippen molar-refractivity contribution in [1.29, 1.82) is 0 Å². The van der Waals surface area contributed by atoms with Crippen molar-refractivity contribution < 1.29 is 22.2 Å². The molecule has 0 aliphatic heterocycles. The van der Waals surface area contributed by atoms with Crippen molar-refractivity contribution >= 4 is 27.7 Å². The number of fused-ring (bicyclic) bond motifs is 1. The van der Waals surface area contributed by atoms with Crippen molar-refractivity contribution in [3.8, 4) is 5.75 Å². The van der Waals surface area contributed by atoms with Crippen LogP contribution in [0, 0.1) is 0 Å². The van der Waals surface area contributed by atoms with E-state index in [0.717, 1.165) is 86.8 Å². The van der Waals surface area contributed by atoms with Crippen molar-refractivity contribution in [2.45, 2.75) is 84.0 Å². The Bertz CT molecular complexity index is 978. The van der Waals surface area contributed by atoms with Crippen molar-refractivity contribution in [1.82, 2.24) is 0 Å². The van der Waals surface area contributed by atoms with Crippen LogP contribution in [-0.4, -0.2) is 51.4 Å². The van der Waals surface area contributed by atoms with E-state index in [4.69, 9.17) is 13.8 Å². The maximum absolute atomic E-state index is 13.9. The molecule has 200 valence electrons. The summed E-state index contributed by atoms with van der Waals surface area (Å²) in [6, 6.07) is 10.8. The average molecular weight is 527 g/mol. The molecule has 0 aromatic heterocycles. The molecule has 0 aliphatic rings. The maximum atomic E-state index is 13.9. The van der Waals surface area contributed by atoms with Crippen LogP contribution >= 0.6 is 6.83 Å². The zero-order valence-electron chi connectivity index (χ0n) is 22.3. The third-order valence-electron chi connectivity index (χ3n) is 7.05. The summed E-state index contributed by atoms with van der Waals surface area (Å²) in [7, 11) is -3.92. The Hall–Kier alpha value is -1.20. The summed E-state index contributed by atoms with van der Waals surface area (Å²) in [5, 5.41) is 10.7. The van der Waals surface area contributed by atoms with Crippen molar-refractivity contribution in [2.24, 2.45) is 0 Å². The topological polar surface area (TPSA) is 72.8 Å². The third-order valence-corrected chi connectivity index (χ3v) is 16.1. The van der Waals surface area contributed by atoms with Gasteiger partial charge in [-0.3, -0.25) is 0 Å². The second kappa shape index (κ2) is 13.9. The minimum atomic E-state index is -3.92. The third kappa shape index (κ3) is 8.15. The van der Waals surface area contributed by atoms with Crippen LogP contribution in [0.4, 0.5) is 0 Å². The first-order chi connectivity index (χ1) is 16.8. The molecule has 0 fully saturated rings. The summed E-state index contributed by atoms with van der Waals surface area (Å²) < 4.78 is 40.0. The fraction of sp³-hybridized carbons (Fsp3) is 0.643. The molecular formula is C28H47O5PS. The van der Waals surface area contributed by atoms with Gasteiger partial charge in [-0.2, -0.15) is 0 Å². The van der Waals surface area contributed by atoms with E-state index in [1.807, 2.05) is 18.2 Å². The Morgan fingerprint density at radius 1 is 0.743 bits per heavy atom. The van der Waals surface area contributed by atoms with Crippen LogP contribution in [0.5, 0.6) is 5.75 Å². The minimum absolute atomic E-state index is 0.0509. The first-order valence-corrected chi connectivity index (χ1v) is 17.8. The Morgan fingerprint density at radius 3 is 1.71 bits per heavy atom. The van der Waals surface area contributed by atoms with E-state index in [1.54, 1.807) is 18.2 Å². The second-order valence-corrected chi connectivity index (χ2v) is 17.4. The van der Waals surface area contributed by atoms with E-state index in [0.29, 0.717) is 5.75 Å². The van der Waals surface area contributed by atoms with Crippen LogP contribution in [0.2, 0.25) is 0 Å². The first kappa shape index (κ1) is 30.0. The van der Waals surface area contributed by atoms with Gasteiger partial charge in [0.05, 0.1) is 0 Å². The molecule has 2 aromatic carbocycles. The zero-order chi connectivity index (χ0) is 25.8. The molecule has 1 N–H and O–H groups in total. The number of ether oxygens (including phenoxy) is 1. The molecule has 5 nitrogen and oxygen atoms in total. The Balaban J connectivity index is 2.52. The normalized spacial score (nSPS) is 13.6. The molecule has 7 heteroatoms. The van der Waals surface area contributed by atoms with Gasteiger partial charge in [-0.25, -0.2) is 0 Å². The van der Waals surface area contributed by atoms with E-state index in [-0.39, 0.29) is 18.1 Å². The number of aliphatic hydroxyl groups is 1. The van der Waals surface area contributed by atoms with E-state index in [2.05, 4.69) is 27.7 Å². The summed E-state index contributed by atoms with van der Waals surface area (Å²) in [6.45, 7) is 5.93. The van der Waals surface area contributed by atoms with Gasteiger partial charge in [0.2, 0.25) is 0 Å². The number of unbranched alkanes of at least 4 members (excludes halogenated alkanes) is 4. The van der Waals surface area contributed by atoms with Gasteiger partial charge >= 0.3 is 214 Å². The summed E-state index contributed by atoms with van der Waals surface area (Å²) in [5.74, 6) is 0.654. The molecular weight excluding hydrogens is 479 g/mol. The van der Waals surface area contributed by atoms with E-state index in [9.17, 15) is 8.42 Å². The molecule has 0 spiro atoms. The van der Waals surface area contributed by atoms with Crippen LogP contribution in [0.3, 0.4) is 0 Å². The number of hydrogen-bond acceptors (Lipinski definition) is 5. The molecule has 0 aliphatic carbocycles. The molecule has 2 aromatic rings. The van der Waals surface area contributed by atoms with Gasteiger partial charge in [-0.05, 0) is 0 Å². The van der Waals surface area contributed by atoms with Gasteiger partial charge in [0, 0.05) is 0 Å². The van der Waals surface area contributed by atoms with Crippen LogP contribution < -0.4 is 4.74 Å². The standard InChI is InChI=1S/C28H47O5PS/c1-5-9-19-34(20-10-6-2,21-11-7-3,22-12-8-4)33-35(30,31)28-16-14-25-23-27(32-18-17-29)15-13-26(25)24-28/h13-16,23-24,29H,5-12,17-22H2,1-4H3. The van der Waals surface area contributed by atoms with Gasteiger partial charge in [-0.1, -0.05) is 0 Å². The van der Waals surface area contributed by atoms with E-state index < -0.39 is 16.9 Å². The number of aliphatic hydroxyl groups excluding tert-OH is 1. The molecule has 0 saturated heterocycles. The molecule has 0 radical (unpaired) electrons. The number of benzene rings is 2. The van der Waals surface area contributed by atoms with Gasteiger partial charge in [-0.15, -0.1) is 0 Å². The van der Waals surface area contributed by atoms with E-state index >= 15 is 0 Å². The first-order valence-electron chi connectivity index (χ1n) is 13.5. The van der Waals surface area contributed by atoms with Crippen LogP contribution in [0.15, 0.2) is 41.3 Å². The van der Waals surface area contributed by atoms with Crippen molar-refractivity contribution in [3.05, 3.63) is 36.4 Å². The summed E-state index contributed by atoms with van der Waals surface area (Å²) in [5.41, 5.74) is 0. The molecule has 0 heterocycles. The molecule has 0 unspecified atom stereocenters. The molecule has 0 saturated carbocycles. The fourth-order valence-electron chi connectivity index (χ4n) is 4.98. The zero-order valence-corrected chi connectivity index (χ0v) is 24.0.